The minimum atomic E-state index is 0.172. The molecule has 4 aromatic rings. The third kappa shape index (κ3) is 11.6. The first-order valence-electron chi connectivity index (χ1n) is 13.5. The summed E-state index contributed by atoms with van der Waals surface area (Å²) in [5.41, 5.74) is 4.80. The number of hydrogen-bond donors (Lipinski definition) is 0. The zero-order valence-electron chi connectivity index (χ0n) is 25.0. The van der Waals surface area contributed by atoms with Gasteiger partial charge in [-0.15, -0.1) is 13.2 Å². The van der Waals surface area contributed by atoms with E-state index in [1.807, 2.05) is 43.5 Å². The van der Waals surface area contributed by atoms with Crippen molar-refractivity contribution in [3.8, 4) is 34.0 Å². The Labute approximate surface area is 264 Å². The number of nitrogens with zero attached hydrogens (tertiary/aromatic N) is 5. The number of unbranched alkanes of at least 4 members (excludes halogenated alkanes) is 1. The molecule has 10 heteroatoms. The Balaban J connectivity index is 0.000000264. The topological polar surface area (TPSA) is 90.3 Å². The zero-order valence-corrected chi connectivity index (χ0v) is 26.5. The van der Waals surface area contributed by atoms with Crippen LogP contribution < -0.4 is 9.47 Å². The third-order valence-corrected chi connectivity index (χ3v) is 6.22. The average Bonchev–Trinajstić information content (AvgIpc) is 3.02. The van der Waals surface area contributed by atoms with Crippen LogP contribution in [0.5, 0.6) is 11.5 Å². The van der Waals surface area contributed by atoms with Crippen molar-refractivity contribution in [2.24, 2.45) is 0 Å². The Hall–Kier alpha value is -4.11. The Bertz CT molecular complexity index is 1480. The molecule has 0 aliphatic heterocycles. The van der Waals surface area contributed by atoms with Crippen molar-refractivity contribution in [3.05, 3.63) is 108 Å². The van der Waals surface area contributed by atoms with Gasteiger partial charge < -0.3 is 9.47 Å². The molecule has 0 unspecified atom stereocenters. The maximum atomic E-state index is 10.9. The first-order chi connectivity index (χ1) is 20.8. The van der Waals surface area contributed by atoms with Crippen LogP contribution in [0.4, 0.5) is 0 Å². The van der Waals surface area contributed by atoms with E-state index in [-0.39, 0.29) is 10.6 Å². The summed E-state index contributed by atoms with van der Waals surface area (Å²) in [7, 11) is 5.23. The predicted octanol–water partition coefficient (Wildman–Crippen LogP) is 8.01. The Kier molecular flexibility index (Phi) is 15.6. The normalized spacial score (nSPS) is 10.0. The molecule has 226 valence electrons. The lowest BCUT2D eigenvalue weighted by molar-refractivity contribution is 0.112. The standard InChI is InChI=1S/C16H18ClN3O.C12H9ClN2O2.C5H10/c1-4-9-20(2)11-13-10-12(5-6-15(13)21-3)14-7-8-18-16(17)19-14;1-17-11-3-2-8(6-9(11)7-16)10-4-5-14-12(13)15-10;1-3-5-4-2/h4-8,10H,1,9,11H2,2-3H3;2-7H,1H3;3H,1,4-5H2,2H3. The fourth-order valence-electron chi connectivity index (χ4n) is 3.82. The van der Waals surface area contributed by atoms with Gasteiger partial charge >= 0.3 is 0 Å². The van der Waals surface area contributed by atoms with Crippen LogP contribution in [0.2, 0.25) is 10.6 Å². The van der Waals surface area contributed by atoms with Gasteiger partial charge in [-0.1, -0.05) is 25.5 Å². The molecule has 0 N–H and O–H groups in total. The van der Waals surface area contributed by atoms with E-state index in [0.717, 1.165) is 53.9 Å². The molecule has 2 heterocycles. The maximum Gasteiger partial charge on any atom is 0.222 e. The monoisotopic (exact) mass is 621 g/mol. The van der Waals surface area contributed by atoms with Crippen LogP contribution in [0, 0.1) is 0 Å². The summed E-state index contributed by atoms with van der Waals surface area (Å²) in [6.45, 7) is 11.0. The van der Waals surface area contributed by atoms with Crippen LogP contribution in [0.1, 0.15) is 35.7 Å². The van der Waals surface area contributed by atoms with Crippen LogP contribution in [-0.2, 0) is 6.54 Å². The highest BCUT2D eigenvalue weighted by Crippen LogP contribution is 2.27. The number of hydrogen-bond acceptors (Lipinski definition) is 8. The number of halogens is 2. The van der Waals surface area contributed by atoms with E-state index in [0.29, 0.717) is 17.0 Å². The molecule has 0 bridgehead atoms. The molecule has 0 atom stereocenters. The predicted molar refractivity (Wildman–Crippen MR) is 175 cm³/mol. The molecule has 0 fully saturated rings. The van der Waals surface area contributed by atoms with Gasteiger partial charge in [0.2, 0.25) is 10.6 Å². The zero-order chi connectivity index (χ0) is 31.6. The van der Waals surface area contributed by atoms with Crippen LogP contribution in [0.25, 0.3) is 22.5 Å². The summed E-state index contributed by atoms with van der Waals surface area (Å²) < 4.78 is 10.5. The fourth-order valence-corrected chi connectivity index (χ4v) is 4.11. The van der Waals surface area contributed by atoms with Crippen molar-refractivity contribution in [3.63, 3.8) is 0 Å². The second-order valence-corrected chi connectivity index (χ2v) is 9.76. The molecular formula is C33H37Cl2N5O3. The largest absolute Gasteiger partial charge is 0.496 e. The molecule has 43 heavy (non-hydrogen) atoms. The highest BCUT2D eigenvalue weighted by atomic mass is 35.5. The fraction of sp³-hybridized carbons (Fsp3) is 0.242. The van der Waals surface area contributed by atoms with Crippen molar-refractivity contribution >= 4 is 29.5 Å². The van der Waals surface area contributed by atoms with E-state index in [1.165, 1.54) is 13.5 Å². The lowest BCUT2D eigenvalue weighted by Crippen LogP contribution is -2.17. The van der Waals surface area contributed by atoms with E-state index >= 15 is 0 Å². The first-order valence-corrected chi connectivity index (χ1v) is 14.2. The number of rotatable bonds is 11. The molecule has 2 aromatic carbocycles. The quantitative estimate of drug-likeness (QED) is 0.0944. The van der Waals surface area contributed by atoms with E-state index in [4.69, 9.17) is 32.7 Å². The van der Waals surface area contributed by atoms with Gasteiger partial charge in [-0.3, -0.25) is 9.69 Å². The van der Waals surface area contributed by atoms with Crippen molar-refractivity contribution in [2.45, 2.75) is 26.3 Å². The minimum absolute atomic E-state index is 0.172. The van der Waals surface area contributed by atoms with Crippen LogP contribution in [0.15, 0.2) is 86.2 Å². The highest BCUT2D eigenvalue weighted by Gasteiger charge is 2.10. The number of methoxy groups -OCH3 is 2. The van der Waals surface area contributed by atoms with Crippen molar-refractivity contribution in [1.29, 1.82) is 0 Å². The average molecular weight is 623 g/mol. The van der Waals surface area contributed by atoms with Gasteiger partial charge in [-0.2, -0.15) is 0 Å². The van der Waals surface area contributed by atoms with Gasteiger partial charge in [-0.25, -0.2) is 19.9 Å². The summed E-state index contributed by atoms with van der Waals surface area (Å²) in [6, 6.07) is 14.8. The molecule has 0 spiro atoms. The lowest BCUT2D eigenvalue weighted by Gasteiger charge is -2.17. The number of allylic oxidation sites excluding steroid dienone is 1. The van der Waals surface area contributed by atoms with Gasteiger partial charge in [0.25, 0.3) is 0 Å². The summed E-state index contributed by atoms with van der Waals surface area (Å²) >= 11 is 11.6. The maximum absolute atomic E-state index is 10.9. The second-order valence-electron chi connectivity index (χ2n) is 9.09. The van der Waals surface area contributed by atoms with Crippen molar-refractivity contribution in [1.82, 2.24) is 24.8 Å². The number of carbonyl (C=O) groups excluding carboxylic acids is 1. The lowest BCUT2D eigenvalue weighted by atomic mass is 10.1. The molecule has 0 saturated heterocycles. The third-order valence-electron chi connectivity index (χ3n) is 5.85. The molecule has 2 aromatic heterocycles. The van der Waals surface area contributed by atoms with Gasteiger partial charge in [0.05, 0.1) is 31.2 Å². The molecule has 0 aliphatic carbocycles. The second kappa shape index (κ2) is 19.2. The molecule has 0 saturated carbocycles. The summed E-state index contributed by atoms with van der Waals surface area (Å²) in [4.78, 5) is 29.1. The van der Waals surface area contributed by atoms with Gasteiger partial charge in [0.1, 0.15) is 11.5 Å². The SMILES string of the molecule is C=CCCC.C=CCN(C)Cc1cc(-c2ccnc(Cl)n2)ccc1OC.COc1ccc(-c2ccnc(Cl)n2)cc1C=O. The number of ether oxygens (including phenoxy) is 2. The Morgan fingerprint density at radius 3 is 1.84 bits per heavy atom. The van der Waals surface area contributed by atoms with Crippen LogP contribution in [0.3, 0.4) is 0 Å². The summed E-state index contributed by atoms with van der Waals surface area (Å²) in [5, 5.41) is 0.416. The number of carbonyl (C=O) groups is 1. The van der Waals surface area contributed by atoms with E-state index in [1.54, 1.807) is 37.7 Å². The molecule has 0 radical (unpaired) electrons. The van der Waals surface area contributed by atoms with E-state index in [9.17, 15) is 4.79 Å². The minimum Gasteiger partial charge on any atom is -0.496 e. The molecule has 0 amide bonds. The van der Waals surface area contributed by atoms with Gasteiger partial charge in [-0.05, 0) is 85.2 Å². The number of likely N-dealkylation sites (N-methyl/N-ethyl adjacent to an activating group) is 1. The molecule has 8 nitrogen and oxygen atoms in total. The van der Waals surface area contributed by atoms with E-state index < -0.39 is 0 Å². The first kappa shape index (κ1) is 35.1. The summed E-state index contributed by atoms with van der Waals surface area (Å²) in [6.07, 6.45) is 10.1. The Morgan fingerprint density at radius 1 is 0.837 bits per heavy atom. The number of aromatic nitrogens is 4. The molecular weight excluding hydrogens is 585 g/mol. The summed E-state index contributed by atoms with van der Waals surface area (Å²) in [5.74, 6) is 1.39. The van der Waals surface area contributed by atoms with Crippen molar-refractivity contribution < 1.29 is 14.3 Å². The van der Waals surface area contributed by atoms with Crippen LogP contribution in [-0.4, -0.2) is 58.9 Å². The van der Waals surface area contributed by atoms with Crippen LogP contribution >= 0.6 is 23.2 Å². The van der Waals surface area contributed by atoms with E-state index in [2.05, 4.69) is 51.0 Å². The molecule has 0 aliphatic rings. The molecule has 4 rings (SSSR count). The Morgan fingerprint density at radius 2 is 1.40 bits per heavy atom. The number of aldehydes is 1. The smallest absolute Gasteiger partial charge is 0.222 e. The van der Waals surface area contributed by atoms with Crippen molar-refractivity contribution in [2.75, 3.05) is 27.8 Å². The highest BCUT2D eigenvalue weighted by molar-refractivity contribution is 6.28. The van der Waals surface area contributed by atoms with Gasteiger partial charge in [0, 0.05) is 42.2 Å². The number of benzene rings is 2. The van der Waals surface area contributed by atoms with Gasteiger partial charge in [0.15, 0.2) is 6.29 Å².